The van der Waals surface area contributed by atoms with E-state index in [1.54, 1.807) is 0 Å². The van der Waals surface area contributed by atoms with Crippen LogP contribution in [-0.2, 0) is 14.3 Å². The van der Waals surface area contributed by atoms with Gasteiger partial charge in [-0.25, -0.2) is 0 Å². The number of carbonyl (C=O) groups excluding carboxylic acids is 1. The van der Waals surface area contributed by atoms with Gasteiger partial charge in [0.2, 0.25) is 5.91 Å². The number of primary amides is 1. The van der Waals surface area contributed by atoms with Crippen molar-refractivity contribution in [3.05, 3.63) is 0 Å². The first-order valence-corrected chi connectivity index (χ1v) is 4.44. The molecule has 0 aromatic carbocycles. The minimum absolute atomic E-state index is 0.0104. The number of aliphatic carboxylic acids is 1. The Bertz CT molecular complexity index is 225. The first-order valence-electron chi connectivity index (χ1n) is 4.44. The van der Waals surface area contributed by atoms with Crippen LogP contribution in [0.5, 0.6) is 0 Å². The van der Waals surface area contributed by atoms with Gasteiger partial charge in [0.15, 0.2) is 0 Å². The monoisotopic (exact) mass is 221 g/mol. The number of rotatable bonds is 8. The fourth-order valence-corrected chi connectivity index (χ4v) is 0.878. The number of ether oxygens (including phenoxy) is 1. The summed E-state index contributed by atoms with van der Waals surface area (Å²) < 4.78 is 16.6. The molecule has 0 rings (SSSR count). The summed E-state index contributed by atoms with van der Waals surface area (Å²) in [6.45, 7) is -0.563. The second-order valence-corrected chi connectivity index (χ2v) is 2.98. The minimum atomic E-state index is -1.24. The summed E-state index contributed by atoms with van der Waals surface area (Å²) in [4.78, 5) is 21.2. The minimum Gasteiger partial charge on any atom is -0.480 e. The number of hydrogen-bond donors (Lipinski definition) is 3. The standard InChI is InChI=1S/C8H15FN2O4/c9-2-1-3-15-6(7(11)12)4-5(10)8(13)14/h5-6H,1-4,10H2,(H2,11,12)(H,13,14)/i9-1. The Hall–Kier alpha value is -1.21. The molecule has 0 aromatic rings. The molecule has 0 aliphatic carbocycles. The van der Waals surface area contributed by atoms with Crippen molar-refractivity contribution in [2.24, 2.45) is 11.5 Å². The number of nitrogens with two attached hydrogens (primary N) is 2. The van der Waals surface area contributed by atoms with Crippen molar-refractivity contribution in [2.75, 3.05) is 13.3 Å². The normalized spacial score (nSPS) is 14.5. The Morgan fingerprint density at radius 1 is 1.47 bits per heavy atom. The van der Waals surface area contributed by atoms with Gasteiger partial charge >= 0.3 is 5.97 Å². The summed E-state index contributed by atoms with van der Waals surface area (Å²) in [7, 11) is 0. The predicted octanol–water partition coefficient (Wildman–Crippen LogP) is -0.982. The lowest BCUT2D eigenvalue weighted by Gasteiger charge is -2.16. The van der Waals surface area contributed by atoms with Crippen LogP contribution >= 0.6 is 0 Å². The third-order valence-corrected chi connectivity index (χ3v) is 1.70. The molecule has 2 unspecified atom stereocenters. The van der Waals surface area contributed by atoms with Crippen molar-refractivity contribution >= 4 is 11.9 Å². The topological polar surface area (TPSA) is 116 Å². The van der Waals surface area contributed by atoms with Gasteiger partial charge in [-0.05, 0) is 6.42 Å². The molecule has 88 valence electrons. The third kappa shape index (κ3) is 5.97. The molecular weight excluding hydrogens is 206 g/mol. The van der Waals surface area contributed by atoms with E-state index < -0.39 is 30.7 Å². The van der Waals surface area contributed by atoms with Crippen molar-refractivity contribution in [3.63, 3.8) is 0 Å². The average molecular weight is 221 g/mol. The summed E-state index contributed by atoms with van der Waals surface area (Å²) in [5.74, 6) is -2.04. The lowest BCUT2D eigenvalue weighted by molar-refractivity contribution is -0.140. The quantitative estimate of drug-likeness (QED) is 0.455. The van der Waals surface area contributed by atoms with Crippen LogP contribution in [0.15, 0.2) is 0 Å². The zero-order chi connectivity index (χ0) is 11.8. The van der Waals surface area contributed by atoms with Crippen LogP contribution in [0.1, 0.15) is 12.8 Å². The van der Waals surface area contributed by atoms with Crippen LogP contribution in [0.2, 0.25) is 0 Å². The molecule has 0 aliphatic rings. The van der Waals surface area contributed by atoms with E-state index in [9.17, 15) is 14.0 Å². The first-order chi connectivity index (χ1) is 6.99. The third-order valence-electron chi connectivity index (χ3n) is 1.70. The number of hydrogen-bond acceptors (Lipinski definition) is 4. The van der Waals surface area contributed by atoms with Crippen molar-refractivity contribution in [2.45, 2.75) is 25.0 Å². The Morgan fingerprint density at radius 2 is 2.07 bits per heavy atom. The molecule has 15 heavy (non-hydrogen) atoms. The van der Waals surface area contributed by atoms with E-state index in [1.165, 1.54) is 0 Å². The van der Waals surface area contributed by atoms with Crippen LogP contribution in [0.25, 0.3) is 0 Å². The van der Waals surface area contributed by atoms with Gasteiger partial charge in [-0.2, -0.15) is 0 Å². The van der Waals surface area contributed by atoms with Crippen molar-refractivity contribution < 1.29 is 23.8 Å². The highest BCUT2D eigenvalue weighted by Gasteiger charge is 2.23. The summed E-state index contributed by atoms with van der Waals surface area (Å²) in [5, 5.41) is 8.49. The van der Waals surface area contributed by atoms with Gasteiger partial charge in [0.1, 0.15) is 12.1 Å². The molecule has 0 radical (unpaired) electrons. The molecule has 2 atom stereocenters. The molecular formula is C8H15FN2O4. The van der Waals surface area contributed by atoms with E-state index in [2.05, 4.69) is 0 Å². The zero-order valence-corrected chi connectivity index (χ0v) is 8.19. The number of amides is 1. The number of carbonyl (C=O) groups is 2. The second kappa shape index (κ2) is 7.13. The summed E-state index contributed by atoms with van der Waals surface area (Å²) in [6, 6.07) is -1.21. The van der Waals surface area contributed by atoms with E-state index in [4.69, 9.17) is 21.3 Å². The predicted molar refractivity (Wildman–Crippen MR) is 49.8 cm³/mol. The van der Waals surface area contributed by atoms with Crippen molar-refractivity contribution in [3.8, 4) is 0 Å². The smallest absolute Gasteiger partial charge is 0.320 e. The van der Waals surface area contributed by atoms with E-state index >= 15 is 0 Å². The summed E-state index contributed by atoms with van der Waals surface area (Å²) in [6.07, 6.45) is -1.16. The summed E-state index contributed by atoms with van der Waals surface area (Å²) in [5.41, 5.74) is 10.2. The fraction of sp³-hybridized carbons (Fsp3) is 0.750. The Labute approximate surface area is 86.4 Å². The van der Waals surface area contributed by atoms with Gasteiger partial charge in [0.05, 0.1) is 13.3 Å². The van der Waals surface area contributed by atoms with Crippen molar-refractivity contribution in [1.82, 2.24) is 0 Å². The van der Waals surface area contributed by atoms with Crippen LogP contribution in [0.4, 0.5) is 4.39 Å². The molecule has 0 saturated heterocycles. The maximum atomic E-state index is 11.7. The van der Waals surface area contributed by atoms with Crippen LogP contribution in [0, 0.1) is 0 Å². The fourth-order valence-electron chi connectivity index (χ4n) is 0.878. The summed E-state index contributed by atoms with van der Waals surface area (Å²) >= 11 is 0. The number of alkyl halides is 1. The van der Waals surface area contributed by atoms with Gasteiger partial charge in [-0.15, -0.1) is 0 Å². The highest BCUT2D eigenvalue weighted by molar-refractivity contribution is 5.80. The molecule has 0 bridgehead atoms. The Morgan fingerprint density at radius 3 is 2.47 bits per heavy atom. The molecule has 1 amide bonds. The van der Waals surface area contributed by atoms with Gasteiger partial charge in [-0.3, -0.25) is 14.0 Å². The Kier molecular flexibility index (Phi) is 6.56. The maximum Gasteiger partial charge on any atom is 0.320 e. The van der Waals surface area contributed by atoms with Crippen molar-refractivity contribution in [1.29, 1.82) is 0 Å². The van der Waals surface area contributed by atoms with Gasteiger partial charge < -0.3 is 21.3 Å². The molecule has 0 saturated carbocycles. The van der Waals surface area contributed by atoms with E-state index in [0.717, 1.165) is 0 Å². The molecule has 0 spiro atoms. The number of carboxylic acids is 1. The maximum absolute atomic E-state index is 11.7. The zero-order valence-electron chi connectivity index (χ0n) is 8.19. The van der Waals surface area contributed by atoms with Crippen LogP contribution < -0.4 is 11.5 Å². The lowest BCUT2D eigenvalue weighted by atomic mass is 10.1. The van der Waals surface area contributed by atoms with Gasteiger partial charge in [0.25, 0.3) is 0 Å². The lowest BCUT2D eigenvalue weighted by Crippen LogP contribution is -2.40. The molecule has 6 nitrogen and oxygen atoms in total. The SMILES string of the molecule is NC(=O)C(CC(N)C(=O)O)OCCC[18F]. The van der Waals surface area contributed by atoms with Crippen LogP contribution in [0.3, 0.4) is 0 Å². The highest BCUT2D eigenvalue weighted by atomic mass is 18.2. The molecule has 0 aromatic heterocycles. The average Bonchev–Trinajstić information content (AvgIpc) is 2.15. The Balaban J connectivity index is 4.04. The molecule has 5 N–H and O–H groups in total. The van der Waals surface area contributed by atoms with Gasteiger partial charge in [-0.1, -0.05) is 0 Å². The molecule has 0 heterocycles. The first kappa shape index (κ1) is 13.8. The number of carboxylic acid groups (broad SMARTS) is 1. The second-order valence-electron chi connectivity index (χ2n) is 2.98. The van der Waals surface area contributed by atoms with Gasteiger partial charge in [0, 0.05) is 6.42 Å². The molecule has 0 aliphatic heterocycles. The highest BCUT2D eigenvalue weighted by Crippen LogP contribution is 2.02. The van der Waals surface area contributed by atoms with Crippen LogP contribution in [-0.4, -0.2) is 42.4 Å². The van der Waals surface area contributed by atoms with E-state index in [0.29, 0.717) is 0 Å². The van der Waals surface area contributed by atoms with E-state index in [-0.39, 0.29) is 19.4 Å². The molecule has 7 heteroatoms. The largest absolute Gasteiger partial charge is 0.480 e. The molecule has 0 fully saturated rings. The number of halogens is 1. The van der Waals surface area contributed by atoms with E-state index in [1.807, 2.05) is 0 Å².